The molecule has 1 aliphatic rings. The van der Waals surface area contributed by atoms with Gasteiger partial charge in [-0.1, -0.05) is 18.2 Å². The second kappa shape index (κ2) is 10.9. The van der Waals surface area contributed by atoms with Crippen LogP contribution in [-0.2, 0) is 22.1 Å². The van der Waals surface area contributed by atoms with Crippen LogP contribution in [0.1, 0.15) is 29.5 Å². The van der Waals surface area contributed by atoms with Crippen molar-refractivity contribution in [1.82, 2.24) is 9.97 Å². The fraction of sp³-hybridized carbons (Fsp3) is 0.455. The molecule has 3 rings (SSSR count). The molecular formula is C22H24F3N5O2S. The van der Waals surface area contributed by atoms with Gasteiger partial charge < -0.3 is 15.4 Å². The van der Waals surface area contributed by atoms with Crippen LogP contribution in [0.2, 0.25) is 0 Å². The summed E-state index contributed by atoms with van der Waals surface area (Å²) in [5.74, 6) is 0.155. The van der Waals surface area contributed by atoms with Gasteiger partial charge >= 0.3 is 6.18 Å². The molecular weight excluding hydrogens is 455 g/mol. The first-order valence-corrected chi connectivity index (χ1v) is 11.6. The molecule has 0 spiro atoms. The molecule has 1 aromatic carbocycles. The quantitative estimate of drug-likeness (QED) is 0.451. The number of nitrogens with zero attached hydrogens (tertiary/aromatic N) is 4. The highest BCUT2D eigenvalue weighted by atomic mass is 32.2. The number of anilines is 2. The Morgan fingerprint density at radius 2 is 2.06 bits per heavy atom. The van der Waals surface area contributed by atoms with Crippen LogP contribution in [0.5, 0.6) is 0 Å². The SMILES string of the molecule is CSc1nc(N)nc(N(CC(=O)Cc2cccc(C(F)(F)F)c2)CC2CCOCC2)c1C#N. The lowest BCUT2D eigenvalue weighted by atomic mass is 9.99. The number of rotatable bonds is 8. The molecule has 11 heteroatoms. The van der Waals surface area contributed by atoms with Crippen LogP contribution in [-0.4, -0.2) is 48.3 Å². The number of nitriles is 1. The van der Waals surface area contributed by atoms with E-state index in [4.69, 9.17) is 10.5 Å². The standard InChI is InChI=1S/C22H24F3N5O2S/c1-33-20-18(11-26)19(28-21(27)29-20)30(12-14-5-7-32-8-6-14)13-17(31)10-15-3-2-4-16(9-15)22(23,24)25/h2-4,9,14H,5-8,10,12-13H2,1H3,(H2,27,28,29). The lowest BCUT2D eigenvalue weighted by Crippen LogP contribution is -2.38. The minimum absolute atomic E-state index is 0.0179. The first-order chi connectivity index (χ1) is 15.7. The van der Waals surface area contributed by atoms with Crippen molar-refractivity contribution in [3.8, 4) is 6.07 Å². The van der Waals surface area contributed by atoms with E-state index in [-0.39, 0.29) is 47.6 Å². The summed E-state index contributed by atoms with van der Waals surface area (Å²) in [6, 6.07) is 6.83. The van der Waals surface area contributed by atoms with E-state index in [9.17, 15) is 23.2 Å². The van der Waals surface area contributed by atoms with Crippen molar-refractivity contribution in [2.45, 2.75) is 30.5 Å². The molecule has 1 aliphatic heterocycles. The number of hydrogen-bond donors (Lipinski definition) is 1. The number of hydrogen-bond acceptors (Lipinski definition) is 8. The van der Waals surface area contributed by atoms with Crippen LogP contribution in [0.25, 0.3) is 0 Å². The number of aromatic nitrogens is 2. The molecule has 33 heavy (non-hydrogen) atoms. The number of ether oxygens (including phenoxy) is 1. The van der Waals surface area contributed by atoms with Gasteiger partial charge in [0.2, 0.25) is 5.95 Å². The number of benzene rings is 1. The van der Waals surface area contributed by atoms with Gasteiger partial charge in [-0.15, -0.1) is 11.8 Å². The number of Topliss-reactive ketones (excluding diaryl/α,β-unsaturated/α-hetero) is 1. The topological polar surface area (TPSA) is 105 Å². The van der Waals surface area contributed by atoms with Gasteiger partial charge in [0.1, 0.15) is 16.7 Å². The fourth-order valence-corrected chi connectivity index (χ4v) is 4.27. The molecule has 0 aliphatic carbocycles. The van der Waals surface area contributed by atoms with E-state index in [1.165, 1.54) is 23.9 Å². The van der Waals surface area contributed by atoms with Crippen molar-refractivity contribution >= 4 is 29.3 Å². The fourth-order valence-electron chi connectivity index (χ4n) is 3.74. The minimum atomic E-state index is -4.48. The molecule has 0 amide bonds. The summed E-state index contributed by atoms with van der Waals surface area (Å²) < 4.78 is 44.5. The van der Waals surface area contributed by atoms with E-state index in [0.29, 0.717) is 24.8 Å². The van der Waals surface area contributed by atoms with Crippen molar-refractivity contribution in [3.63, 3.8) is 0 Å². The molecule has 0 atom stereocenters. The summed E-state index contributed by atoms with van der Waals surface area (Å²) in [4.78, 5) is 23.0. The highest BCUT2D eigenvalue weighted by Crippen LogP contribution is 2.31. The summed E-state index contributed by atoms with van der Waals surface area (Å²) in [6.07, 6.45) is -1.32. The Balaban J connectivity index is 1.87. The third-order valence-corrected chi connectivity index (χ3v) is 6.00. The van der Waals surface area contributed by atoms with E-state index >= 15 is 0 Å². The summed E-state index contributed by atoms with van der Waals surface area (Å²) >= 11 is 1.25. The van der Waals surface area contributed by atoms with Crippen LogP contribution in [0.4, 0.5) is 24.9 Å². The number of ketones is 1. The van der Waals surface area contributed by atoms with E-state index < -0.39 is 11.7 Å². The smallest absolute Gasteiger partial charge is 0.381 e. The van der Waals surface area contributed by atoms with E-state index in [0.717, 1.165) is 25.0 Å². The number of carbonyl (C=O) groups is 1. The van der Waals surface area contributed by atoms with E-state index in [1.54, 1.807) is 11.2 Å². The molecule has 2 heterocycles. The summed E-state index contributed by atoms with van der Waals surface area (Å²) in [5.41, 5.74) is 5.55. The molecule has 0 unspecified atom stereocenters. The number of halogens is 3. The Morgan fingerprint density at radius 1 is 1.33 bits per heavy atom. The van der Waals surface area contributed by atoms with Gasteiger partial charge in [0, 0.05) is 26.2 Å². The summed E-state index contributed by atoms with van der Waals surface area (Å²) in [6.45, 7) is 1.52. The second-order valence-electron chi connectivity index (χ2n) is 7.75. The van der Waals surface area contributed by atoms with Crippen LogP contribution >= 0.6 is 11.8 Å². The lowest BCUT2D eigenvalue weighted by molar-refractivity contribution is -0.137. The molecule has 7 nitrogen and oxygen atoms in total. The molecule has 0 radical (unpaired) electrons. The van der Waals surface area contributed by atoms with Crippen LogP contribution in [0, 0.1) is 17.2 Å². The predicted octanol–water partition coefficient (Wildman–Crippen LogP) is 3.72. The summed E-state index contributed by atoms with van der Waals surface area (Å²) in [7, 11) is 0. The molecule has 176 valence electrons. The number of alkyl halides is 3. The zero-order valence-corrected chi connectivity index (χ0v) is 18.9. The molecule has 0 saturated carbocycles. The van der Waals surface area contributed by atoms with Crippen molar-refractivity contribution in [2.75, 3.05) is 43.2 Å². The maximum absolute atomic E-state index is 13.0. The zero-order chi connectivity index (χ0) is 24.0. The van der Waals surface area contributed by atoms with Crippen LogP contribution < -0.4 is 10.6 Å². The molecule has 1 fully saturated rings. The monoisotopic (exact) mass is 479 g/mol. The number of nitrogen functional groups attached to an aromatic ring is 1. The van der Waals surface area contributed by atoms with Gasteiger partial charge in [-0.25, -0.2) is 4.98 Å². The van der Waals surface area contributed by atoms with E-state index in [1.807, 2.05) is 0 Å². The third-order valence-electron chi connectivity index (χ3n) is 5.32. The molecule has 0 bridgehead atoms. The summed E-state index contributed by atoms with van der Waals surface area (Å²) in [5, 5.41) is 10.1. The van der Waals surface area contributed by atoms with Gasteiger partial charge in [-0.05, 0) is 36.6 Å². The maximum Gasteiger partial charge on any atom is 0.416 e. The number of nitrogens with two attached hydrogens (primary N) is 1. The van der Waals surface area contributed by atoms with Gasteiger partial charge in [0.05, 0.1) is 12.1 Å². The largest absolute Gasteiger partial charge is 0.416 e. The minimum Gasteiger partial charge on any atom is -0.381 e. The normalized spacial score (nSPS) is 14.6. The number of carbonyl (C=O) groups excluding carboxylic acids is 1. The Bertz CT molecular complexity index is 1040. The van der Waals surface area contributed by atoms with Gasteiger partial charge in [-0.3, -0.25) is 4.79 Å². The first kappa shape index (κ1) is 24.8. The van der Waals surface area contributed by atoms with Crippen LogP contribution in [0.15, 0.2) is 29.3 Å². The van der Waals surface area contributed by atoms with Crippen molar-refractivity contribution < 1.29 is 22.7 Å². The Kier molecular flexibility index (Phi) is 8.15. The third kappa shape index (κ3) is 6.58. The highest BCUT2D eigenvalue weighted by Gasteiger charge is 2.31. The Hall–Kier alpha value is -2.84. The molecule has 1 aromatic heterocycles. The van der Waals surface area contributed by atoms with Crippen molar-refractivity contribution in [2.24, 2.45) is 5.92 Å². The van der Waals surface area contributed by atoms with Gasteiger partial charge in [0.25, 0.3) is 0 Å². The zero-order valence-electron chi connectivity index (χ0n) is 18.1. The van der Waals surface area contributed by atoms with Crippen LogP contribution in [0.3, 0.4) is 0 Å². The second-order valence-corrected chi connectivity index (χ2v) is 8.55. The molecule has 1 saturated heterocycles. The van der Waals surface area contributed by atoms with E-state index in [2.05, 4.69) is 16.0 Å². The molecule has 2 N–H and O–H groups in total. The average molecular weight is 480 g/mol. The van der Waals surface area contributed by atoms with Gasteiger partial charge in [0.15, 0.2) is 11.6 Å². The Labute approximate surface area is 194 Å². The number of thioether (sulfide) groups is 1. The average Bonchev–Trinajstić information content (AvgIpc) is 2.78. The van der Waals surface area contributed by atoms with Crippen molar-refractivity contribution in [3.05, 3.63) is 41.0 Å². The maximum atomic E-state index is 13.0. The Morgan fingerprint density at radius 3 is 2.70 bits per heavy atom. The highest BCUT2D eigenvalue weighted by molar-refractivity contribution is 7.98. The predicted molar refractivity (Wildman–Crippen MR) is 119 cm³/mol. The molecule has 2 aromatic rings. The van der Waals surface area contributed by atoms with Gasteiger partial charge in [-0.2, -0.15) is 23.4 Å². The van der Waals surface area contributed by atoms with Crippen molar-refractivity contribution in [1.29, 1.82) is 5.26 Å². The lowest BCUT2D eigenvalue weighted by Gasteiger charge is -2.31. The first-order valence-electron chi connectivity index (χ1n) is 10.3.